The summed E-state index contributed by atoms with van der Waals surface area (Å²) >= 11 is -2.80. The minimum Gasteiger partial charge on any atom is -0.755 e. The highest BCUT2D eigenvalue weighted by atomic mass is 32.2. The second-order valence-electron chi connectivity index (χ2n) is 5.95. The molecule has 2 aromatic carbocycles. The third kappa shape index (κ3) is 4.51. The Bertz CT molecular complexity index is 834. The van der Waals surface area contributed by atoms with Crippen molar-refractivity contribution in [2.24, 2.45) is 0 Å². The van der Waals surface area contributed by atoms with Crippen LogP contribution in [0.5, 0.6) is 11.5 Å². The SMILES string of the molecule is COc1cc(N2CCNCC2)ccc1N(c1ccccc1OC(F)F)S(=O)[O-]. The summed E-state index contributed by atoms with van der Waals surface area (Å²) in [5.74, 6) is 0.0435. The maximum Gasteiger partial charge on any atom is 0.387 e. The lowest BCUT2D eigenvalue weighted by atomic mass is 10.2. The van der Waals surface area contributed by atoms with E-state index in [4.69, 9.17) is 4.74 Å². The Labute approximate surface area is 164 Å². The number of rotatable bonds is 7. The normalized spacial score (nSPS) is 15.4. The van der Waals surface area contributed by atoms with Gasteiger partial charge in [0.15, 0.2) is 5.75 Å². The fraction of sp³-hybridized carbons (Fsp3) is 0.333. The van der Waals surface area contributed by atoms with Crippen LogP contribution in [0.2, 0.25) is 0 Å². The van der Waals surface area contributed by atoms with Crippen molar-refractivity contribution in [2.45, 2.75) is 6.61 Å². The van der Waals surface area contributed by atoms with E-state index in [1.165, 1.54) is 31.4 Å². The Morgan fingerprint density at radius 2 is 1.82 bits per heavy atom. The largest absolute Gasteiger partial charge is 0.755 e. The van der Waals surface area contributed by atoms with Crippen LogP contribution in [0.1, 0.15) is 0 Å². The highest BCUT2D eigenvalue weighted by Crippen LogP contribution is 2.41. The van der Waals surface area contributed by atoms with Crippen LogP contribution in [-0.4, -0.2) is 48.7 Å². The molecule has 10 heteroatoms. The number of methoxy groups -OCH3 is 1. The van der Waals surface area contributed by atoms with E-state index in [-0.39, 0.29) is 17.1 Å². The van der Waals surface area contributed by atoms with E-state index < -0.39 is 17.9 Å². The van der Waals surface area contributed by atoms with E-state index in [0.717, 1.165) is 36.2 Å². The number of benzene rings is 2. The molecular weight excluding hydrogens is 392 g/mol. The Kier molecular flexibility index (Phi) is 6.65. The number of hydrogen-bond donors (Lipinski definition) is 1. The Hall–Kier alpha value is -2.43. The number of ether oxygens (including phenoxy) is 2. The molecule has 1 N–H and O–H groups in total. The summed E-state index contributed by atoms with van der Waals surface area (Å²) in [6.45, 7) is 0.230. The minimum absolute atomic E-state index is 0.0376. The monoisotopic (exact) mass is 412 g/mol. The molecule has 152 valence electrons. The standard InChI is InChI=1S/C18H21F2N3O4S/c1-26-17-12-13(22-10-8-21-9-11-22)6-7-15(17)23(28(24)25)14-4-2-3-5-16(14)27-18(19)20/h2-7,12,18,21H,8-11H2,1H3,(H,24,25)/p-1. The highest BCUT2D eigenvalue weighted by Gasteiger charge is 2.22. The van der Waals surface area contributed by atoms with Crippen molar-refractivity contribution in [3.05, 3.63) is 42.5 Å². The van der Waals surface area contributed by atoms with Gasteiger partial charge in [-0.05, 0) is 24.3 Å². The number of nitrogens with one attached hydrogen (secondary N) is 1. The molecule has 0 amide bonds. The molecule has 7 nitrogen and oxygen atoms in total. The van der Waals surface area contributed by atoms with E-state index in [0.29, 0.717) is 5.75 Å². The second kappa shape index (κ2) is 9.18. The molecular formula is C18H20F2N3O4S-. The summed E-state index contributed by atoms with van der Waals surface area (Å²) in [6, 6.07) is 10.8. The van der Waals surface area contributed by atoms with Crippen LogP contribution in [0.4, 0.5) is 25.8 Å². The molecule has 1 fully saturated rings. The molecule has 0 saturated carbocycles. The number of para-hydroxylation sites is 2. The molecule has 1 heterocycles. The van der Waals surface area contributed by atoms with E-state index in [2.05, 4.69) is 15.0 Å². The first kappa shape index (κ1) is 20.3. The molecule has 0 radical (unpaired) electrons. The summed E-state index contributed by atoms with van der Waals surface area (Å²) in [5.41, 5.74) is 1.04. The van der Waals surface area contributed by atoms with Crippen LogP contribution in [0.15, 0.2) is 42.5 Å². The minimum atomic E-state index is -3.08. The van der Waals surface area contributed by atoms with Crippen LogP contribution in [0.3, 0.4) is 0 Å². The number of anilines is 3. The number of hydrogen-bond acceptors (Lipinski definition) is 6. The van der Waals surface area contributed by atoms with E-state index in [1.807, 2.05) is 0 Å². The van der Waals surface area contributed by atoms with Gasteiger partial charge in [-0.3, -0.25) is 8.51 Å². The van der Waals surface area contributed by atoms with Crippen molar-refractivity contribution in [3.8, 4) is 11.5 Å². The second-order valence-corrected chi connectivity index (χ2v) is 6.75. The fourth-order valence-electron chi connectivity index (χ4n) is 3.06. The van der Waals surface area contributed by atoms with Gasteiger partial charge in [0.05, 0.1) is 29.8 Å². The van der Waals surface area contributed by atoms with E-state index in [1.54, 1.807) is 18.2 Å². The van der Waals surface area contributed by atoms with Crippen LogP contribution in [0, 0.1) is 0 Å². The van der Waals surface area contributed by atoms with Crippen LogP contribution >= 0.6 is 0 Å². The highest BCUT2D eigenvalue weighted by molar-refractivity contribution is 7.81. The third-order valence-corrected chi connectivity index (χ3v) is 5.00. The van der Waals surface area contributed by atoms with Gasteiger partial charge in [-0.15, -0.1) is 0 Å². The van der Waals surface area contributed by atoms with Crippen molar-refractivity contribution >= 4 is 28.3 Å². The molecule has 0 spiro atoms. The summed E-state index contributed by atoms with van der Waals surface area (Å²) in [5, 5.41) is 3.26. The summed E-state index contributed by atoms with van der Waals surface area (Å²) < 4.78 is 60.3. The average molecular weight is 412 g/mol. The average Bonchev–Trinajstić information content (AvgIpc) is 2.69. The predicted octanol–water partition coefficient (Wildman–Crippen LogP) is 2.64. The van der Waals surface area contributed by atoms with Gasteiger partial charge < -0.3 is 24.2 Å². The van der Waals surface area contributed by atoms with E-state index >= 15 is 0 Å². The van der Waals surface area contributed by atoms with Crippen LogP contribution < -0.4 is 24.0 Å². The van der Waals surface area contributed by atoms with Crippen molar-refractivity contribution in [1.82, 2.24) is 5.32 Å². The van der Waals surface area contributed by atoms with Gasteiger partial charge in [-0.1, -0.05) is 12.1 Å². The van der Waals surface area contributed by atoms with Crippen molar-refractivity contribution in [3.63, 3.8) is 0 Å². The fourth-order valence-corrected chi connectivity index (χ4v) is 3.69. The first-order valence-corrected chi connectivity index (χ1v) is 9.61. The number of nitrogens with zero attached hydrogens (tertiary/aromatic N) is 2. The molecule has 0 bridgehead atoms. The van der Waals surface area contributed by atoms with Crippen LogP contribution in [0.25, 0.3) is 0 Å². The lowest BCUT2D eigenvalue weighted by Crippen LogP contribution is -2.43. The quantitative estimate of drug-likeness (QED) is 0.705. The van der Waals surface area contributed by atoms with Gasteiger partial charge in [0, 0.05) is 37.9 Å². The number of halogens is 2. The summed E-state index contributed by atoms with van der Waals surface area (Å²) in [4.78, 5) is 2.15. The zero-order valence-corrected chi connectivity index (χ0v) is 16.0. The van der Waals surface area contributed by atoms with Gasteiger partial charge >= 0.3 is 6.61 Å². The Balaban J connectivity index is 2.02. The molecule has 0 aromatic heterocycles. The van der Waals surface area contributed by atoms with Gasteiger partial charge in [0.1, 0.15) is 5.75 Å². The molecule has 3 rings (SSSR count). The molecule has 1 unspecified atom stereocenters. The van der Waals surface area contributed by atoms with Crippen molar-refractivity contribution in [2.75, 3.05) is 42.5 Å². The lowest BCUT2D eigenvalue weighted by molar-refractivity contribution is -0.0494. The molecule has 1 saturated heterocycles. The molecule has 1 atom stereocenters. The topological polar surface area (TPSA) is 77.1 Å². The van der Waals surface area contributed by atoms with E-state index in [9.17, 15) is 17.5 Å². The van der Waals surface area contributed by atoms with Gasteiger partial charge in [-0.25, -0.2) is 0 Å². The maximum absolute atomic E-state index is 12.7. The first-order valence-electron chi connectivity index (χ1n) is 8.58. The summed E-state index contributed by atoms with van der Waals surface area (Å²) in [7, 11) is 1.42. The Morgan fingerprint density at radius 3 is 2.46 bits per heavy atom. The van der Waals surface area contributed by atoms with Crippen molar-refractivity contribution in [1.29, 1.82) is 0 Å². The van der Waals surface area contributed by atoms with Crippen molar-refractivity contribution < 1.29 is 27.0 Å². The van der Waals surface area contributed by atoms with Gasteiger partial charge in [-0.2, -0.15) is 8.78 Å². The number of alkyl halides is 2. The third-order valence-electron chi connectivity index (χ3n) is 4.31. The smallest absolute Gasteiger partial charge is 0.387 e. The lowest BCUT2D eigenvalue weighted by Gasteiger charge is -2.32. The molecule has 1 aliphatic heterocycles. The molecule has 2 aromatic rings. The molecule has 0 aliphatic carbocycles. The zero-order chi connectivity index (χ0) is 20.1. The Morgan fingerprint density at radius 1 is 1.14 bits per heavy atom. The van der Waals surface area contributed by atoms with Gasteiger partial charge in [0.25, 0.3) is 0 Å². The van der Waals surface area contributed by atoms with Gasteiger partial charge in [0.2, 0.25) is 0 Å². The number of piperazine rings is 1. The maximum atomic E-state index is 12.7. The first-order chi connectivity index (χ1) is 13.5. The summed E-state index contributed by atoms with van der Waals surface area (Å²) in [6.07, 6.45) is 0. The predicted molar refractivity (Wildman–Crippen MR) is 102 cm³/mol. The van der Waals surface area contributed by atoms with Crippen LogP contribution in [-0.2, 0) is 11.3 Å². The molecule has 28 heavy (non-hydrogen) atoms. The zero-order valence-electron chi connectivity index (χ0n) is 15.1. The molecule has 1 aliphatic rings.